The lowest BCUT2D eigenvalue weighted by Crippen LogP contribution is -2.33. The molecule has 1 saturated heterocycles. The fourth-order valence-electron chi connectivity index (χ4n) is 6.73. The first-order valence-corrected chi connectivity index (χ1v) is 21.8. The van der Waals surface area contributed by atoms with Crippen molar-refractivity contribution in [3.63, 3.8) is 0 Å². The molecule has 0 bridgehead atoms. The highest BCUT2D eigenvalue weighted by Gasteiger charge is 2.24. The van der Waals surface area contributed by atoms with Gasteiger partial charge in [-0.1, -0.05) is 140 Å². The van der Waals surface area contributed by atoms with Gasteiger partial charge in [-0.3, -0.25) is 0 Å². The quantitative estimate of drug-likeness (QED) is 0.0476. The van der Waals surface area contributed by atoms with Crippen LogP contribution < -0.4 is 0 Å². The fourth-order valence-corrected chi connectivity index (χ4v) is 6.73. The van der Waals surface area contributed by atoms with E-state index in [-0.39, 0.29) is 6.10 Å². The Balaban J connectivity index is 2.10. The summed E-state index contributed by atoms with van der Waals surface area (Å²) in [5, 5.41) is 0. The second-order valence-corrected chi connectivity index (χ2v) is 15.2. The molecule has 1 aliphatic heterocycles. The van der Waals surface area contributed by atoms with Crippen molar-refractivity contribution >= 4 is 0 Å². The van der Waals surface area contributed by atoms with Crippen molar-refractivity contribution in [2.45, 2.75) is 193 Å². The second kappa shape index (κ2) is 37.6. The molecule has 2 unspecified atom stereocenters. The van der Waals surface area contributed by atoms with Crippen LogP contribution in [0, 0.1) is 0 Å². The van der Waals surface area contributed by atoms with Gasteiger partial charge in [-0.05, 0) is 111 Å². The van der Waals surface area contributed by atoms with Gasteiger partial charge in [-0.15, -0.1) is 0 Å². The average Bonchev–Trinajstić information content (AvgIpc) is 3.60. The molecule has 4 heteroatoms. The van der Waals surface area contributed by atoms with Crippen LogP contribution in [-0.4, -0.2) is 75.5 Å². The molecular formula is C46H86N2O2. The number of likely N-dealkylation sites (N-methyl/N-ethyl adjacent to an activating group) is 1. The fraction of sp³-hybridized carbons (Fsp3) is 0.826. The van der Waals surface area contributed by atoms with Gasteiger partial charge in [0, 0.05) is 32.3 Å². The summed E-state index contributed by atoms with van der Waals surface area (Å²) < 4.78 is 12.6. The Morgan fingerprint density at radius 1 is 0.580 bits per heavy atom. The summed E-state index contributed by atoms with van der Waals surface area (Å²) in [6.07, 6.45) is 52.3. The van der Waals surface area contributed by atoms with Crippen molar-refractivity contribution < 1.29 is 9.47 Å². The molecule has 0 aromatic heterocycles. The maximum Gasteiger partial charge on any atom is 0.0820 e. The van der Waals surface area contributed by atoms with Crippen LogP contribution in [0.3, 0.4) is 0 Å². The number of nitrogens with zero attached hydrogens (tertiary/aromatic N) is 2. The number of unbranched alkanes of at least 4 members (excludes halogenated alkanes) is 18. The maximum atomic E-state index is 6.44. The third-order valence-electron chi connectivity index (χ3n) is 10.2. The zero-order valence-corrected chi connectivity index (χ0v) is 34.1. The number of ether oxygens (including phenoxy) is 2. The molecule has 0 N–H and O–H groups in total. The topological polar surface area (TPSA) is 24.9 Å². The minimum atomic E-state index is 0.232. The lowest BCUT2D eigenvalue weighted by molar-refractivity contribution is -0.0257. The maximum absolute atomic E-state index is 6.44. The van der Waals surface area contributed by atoms with Crippen molar-refractivity contribution in [2.75, 3.05) is 53.6 Å². The summed E-state index contributed by atoms with van der Waals surface area (Å²) in [6.45, 7) is 10.6. The van der Waals surface area contributed by atoms with Gasteiger partial charge in [0.2, 0.25) is 0 Å². The van der Waals surface area contributed by atoms with E-state index in [1.807, 2.05) is 0 Å². The van der Waals surface area contributed by atoms with E-state index in [0.717, 1.165) is 45.6 Å². The van der Waals surface area contributed by atoms with Crippen LogP contribution in [0.1, 0.15) is 181 Å². The number of allylic oxidation sites excluding steroid dienone is 8. The Labute approximate surface area is 313 Å². The summed E-state index contributed by atoms with van der Waals surface area (Å²) >= 11 is 0. The highest BCUT2D eigenvalue weighted by Crippen LogP contribution is 2.16. The predicted molar refractivity (Wildman–Crippen MR) is 222 cm³/mol. The van der Waals surface area contributed by atoms with Gasteiger partial charge in [-0.2, -0.15) is 0 Å². The third-order valence-corrected chi connectivity index (χ3v) is 10.2. The van der Waals surface area contributed by atoms with Crippen molar-refractivity contribution in [3.05, 3.63) is 48.6 Å². The molecule has 0 aromatic rings. The van der Waals surface area contributed by atoms with Gasteiger partial charge in [0.25, 0.3) is 0 Å². The van der Waals surface area contributed by atoms with Crippen LogP contribution in [0.2, 0.25) is 0 Å². The zero-order chi connectivity index (χ0) is 36.0. The first-order chi connectivity index (χ1) is 24.7. The highest BCUT2D eigenvalue weighted by molar-refractivity contribution is 4.93. The molecule has 1 rings (SSSR count). The van der Waals surface area contributed by atoms with Crippen molar-refractivity contribution in [1.29, 1.82) is 0 Å². The molecule has 0 spiro atoms. The monoisotopic (exact) mass is 699 g/mol. The van der Waals surface area contributed by atoms with Crippen LogP contribution in [0.5, 0.6) is 0 Å². The van der Waals surface area contributed by atoms with E-state index in [2.05, 4.69) is 86.4 Å². The Hall–Kier alpha value is -1.20. The van der Waals surface area contributed by atoms with E-state index < -0.39 is 0 Å². The summed E-state index contributed by atoms with van der Waals surface area (Å²) in [7, 11) is 4.43. The molecule has 50 heavy (non-hydrogen) atoms. The smallest absolute Gasteiger partial charge is 0.0820 e. The molecule has 4 nitrogen and oxygen atoms in total. The van der Waals surface area contributed by atoms with E-state index in [9.17, 15) is 0 Å². The van der Waals surface area contributed by atoms with Gasteiger partial charge in [-0.25, -0.2) is 0 Å². The standard InChI is InChI=1S/C46H86N2O2/c1-5-7-9-11-13-15-17-19-21-23-25-27-29-31-33-35-41-49-44-46(38-40-48-39-37-45(43-48)47(3)4)50-42-36-34-32-30-28-26-24-22-20-18-16-14-12-10-8-6-2/h13-16,19-22,45-46H,5-12,17-18,23-44H2,1-4H3/b15-13-,16-14-,21-19-,22-20-. The van der Waals surface area contributed by atoms with E-state index in [1.54, 1.807) is 0 Å². The van der Waals surface area contributed by atoms with Crippen molar-refractivity contribution in [2.24, 2.45) is 0 Å². The molecule has 1 heterocycles. The first kappa shape index (κ1) is 46.8. The highest BCUT2D eigenvalue weighted by atomic mass is 16.5. The number of rotatable bonds is 37. The zero-order valence-electron chi connectivity index (χ0n) is 34.1. The van der Waals surface area contributed by atoms with Gasteiger partial charge in [0.15, 0.2) is 0 Å². The van der Waals surface area contributed by atoms with Crippen LogP contribution >= 0.6 is 0 Å². The SMILES string of the molecule is CCCCC/C=C\C/C=C\CCCCCCCCOCC(CCN1CCC(N(C)C)C1)OCCCCCCCC/C=C\C/C=C\CCCCC. The largest absolute Gasteiger partial charge is 0.379 e. The van der Waals surface area contributed by atoms with Gasteiger partial charge >= 0.3 is 0 Å². The Kier molecular flexibility index (Phi) is 35.2. The molecule has 2 atom stereocenters. The average molecular weight is 699 g/mol. The lowest BCUT2D eigenvalue weighted by atomic mass is 10.1. The summed E-state index contributed by atoms with van der Waals surface area (Å²) in [4.78, 5) is 5.01. The molecule has 0 saturated carbocycles. The van der Waals surface area contributed by atoms with Gasteiger partial charge < -0.3 is 19.3 Å². The number of hydrogen-bond acceptors (Lipinski definition) is 4. The van der Waals surface area contributed by atoms with Gasteiger partial charge in [0.1, 0.15) is 0 Å². The summed E-state index contributed by atoms with van der Waals surface area (Å²) in [6, 6.07) is 0.702. The van der Waals surface area contributed by atoms with Crippen molar-refractivity contribution in [3.8, 4) is 0 Å². The van der Waals surface area contributed by atoms with E-state index >= 15 is 0 Å². The van der Waals surface area contributed by atoms with Crippen LogP contribution in [0.15, 0.2) is 48.6 Å². The first-order valence-electron chi connectivity index (χ1n) is 21.8. The molecule has 0 aromatic carbocycles. The van der Waals surface area contributed by atoms with Crippen LogP contribution in [-0.2, 0) is 9.47 Å². The molecule has 1 fully saturated rings. The van der Waals surface area contributed by atoms with E-state index in [0.29, 0.717) is 6.04 Å². The molecule has 0 aliphatic carbocycles. The van der Waals surface area contributed by atoms with E-state index in [1.165, 1.54) is 161 Å². The molecule has 1 aliphatic rings. The number of likely N-dealkylation sites (tertiary alicyclic amines) is 1. The third kappa shape index (κ3) is 31.5. The summed E-state index contributed by atoms with van der Waals surface area (Å²) in [5.74, 6) is 0. The Morgan fingerprint density at radius 3 is 1.52 bits per heavy atom. The predicted octanol–water partition coefficient (Wildman–Crippen LogP) is 13.0. The molecule has 0 radical (unpaired) electrons. The lowest BCUT2D eigenvalue weighted by Gasteiger charge is -2.23. The van der Waals surface area contributed by atoms with Gasteiger partial charge in [0.05, 0.1) is 12.7 Å². The Morgan fingerprint density at radius 2 is 1.04 bits per heavy atom. The second-order valence-electron chi connectivity index (χ2n) is 15.2. The normalized spacial score (nSPS) is 16.5. The minimum absolute atomic E-state index is 0.232. The molecule has 292 valence electrons. The van der Waals surface area contributed by atoms with E-state index in [4.69, 9.17) is 9.47 Å². The number of hydrogen-bond donors (Lipinski definition) is 0. The molecule has 0 amide bonds. The molecular weight excluding hydrogens is 613 g/mol. The van der Waals surface area contributed by atoms with Crippen LogP contribution in [0.25, 0.3) is 0 Å². The minimum Gasteiger partial charge on any atom is -0.379 e. The van der Waals surface area contributed by atoms with Crippen LogP contribution in [0.4, 0.5) is 0 Å². The Bertz CT molecular complexity index is 804. The van der Waals surface area contributed by atoms with Crippen molar-refractivity contribution in [1.82, 2.24) is 9.80 Å². The summed E-state index contributed by atoms with van der Waals surface area (Å²) in [5.41, 5.74) is 0.